The number of urea groups is 1. The van der Waals surface area contributed by atoms with E-state index in [0.717, 1.165) is 6.07 Å². The zero-order valence-corrected chi connectivity index (χ0v) is 13.1. The molecule has 1 aliphatic rings. The van der Waals surface area contributed by atoms with Crippen molar-refractivity contribution in [2.45, 2.75) is 19.4 Å². The molecular weight excluding hydrogens is 317 g/mol. The van der Waals surface area contributed by atoms with E-state index in [1.807, 2.05) is 0 Å². The van der Waals surface area contributed by atoms with Gasteiger partial charge in [0.15, 0.2) is 0 Å². The highest BCUT2D eigenvalue weighted by molar-refractivity contribution is 5.99. The van der Waals surface area contributed by atoms with Crippen molar-refractivity contribution >= 4 is 23.6 Å². The Kier molecular flexibility index (Phi) is 5.51. The van der Waals surface area contributed by atoms with Crippen LogP contribution in [0.25, 0.3) is 0 Å². The minimum absolute atomic E-state index is 0.0907. The van der Waals surface area contributed by atoms with Crippen LogP contribution in [-0.2, 0) is 4.79 Å². The standard InChI is InChI=1S/C16H18FN3O4/c1-2-3-4-13(15(22)23)19-14(21)11-9-10(5-6-12(11)17)20-8-7-18-16(20)24/h2-3,5-6,9,13H,4,7-8H2,1H3,(H,18,24)(H,19,21)(H,22,23)/b3-2+. The first-order valence-electron chi connectivity index (χ1n) is 7.43. The number of amides is 3. The molecule has 1 saturated heterocycles. The summed E-state index contributed by atoms with van der Waals surface area (Å²) in [5.74, 6) is -2.84. The average molecular weight is 335 g/mol. The lowest BCUT2D eigenvalue weighted by Gasteiger charge is -2.17. The van der Waals surface area contributed by atoms with Gasteiger partial charge >= 0.3 is 12.0 Å². The number of carboxylic acids is 1. The number of halogens is 1. The Balaban J connectivity index is 2.21. The summed E-state index contributed by atoms with van der Waals surface area (Å²) in [6, 6.07) is 2.23. The zero-order chi connectivity index (χ0) is 17.7. The average Bonchev–Trinajstić information content (AvgIpc) is 2.97. The number of allylic oxidation sites excluding steroid dienone is 1. The number of aliphatic carboxylic acids is 1. The van der Waals surface area contributed by atoms with E-state index in [0.29, 0.717) is 18.8 Å². The molecule has 0 spiro atoms. The second-order valence-electron chi connectivity index (χ2n) is 5.22. The Bertz CT molecular complexity index is 690. The van der Waals surface area contributed by atoms with Crippen LogP contribution < -0.4 is 15.5 Å². The summed E-state index contributed by atoms with van der Waals surface area (Å²) in [4.78, 5) is 36.4. The highest BCUT2D eigenvalue weighted by Gasteiger charge is 2.25. The normalized spacial score (nSPS) is 15.4. The van der Waals surface area contributed by atoms with E-state index < -0.39 is 23.7 Å². The van der Waals surface area contributed by atoms with Gasteiger partial charge in [0.2, 0.25) is 0 Å². The lowest BCUT2D eigenvalue weighted by Crippen LogP contribution is -2.40. The number of hydrogen-bond donors (Lipinski definition) is 3. The van der Waals surface area contributed by atoms with Crippen molar-refractivity contribution in [2.24, 2.45) is 0 Å². The zero-order valence-electron chi connectivity index (χ0n) is 13.1. The summed E-state index contributed by atoms with van der Waals surface area (Å²) in [6.07, 6.45) is 3.35. The monoisotopic (exact) mass is 335 g/mol. The predicted octanol–water partition coefficient (Wildman–Crippen LogP) is 1.50. The molecule has 0 saturated carbocycles. The minimum atomic E-state index is -1.21. The van der Waals surface area contributed by atoms with E-state index >= 15 is 0 Å². The molecule has 1 aliphatic heterocycles. The van der Waals surface area contributed by atoms with E-state index in [4.69, 9.17) is 5.11 Å². The minimum Gasteiger partial charge on any atom is -0.480 e. The van der Waals surface area contributed by atoms with E-state index in [1.54, 1.807) is 19.1 Å². The van der Waals surface area contributed by atoms with Crippen LogP contribution in [0.1, 0.15) is 23.7 Å². The van der Waals surface area contributed by atoms with E-state index in [2.05, 4.69) is 10.6 Å². The fourth-order valence-corrected chi connectivity index (χ4v) is 2.30. The number of carboxylic acid groups (broad SMARTS) is 1. The highest BCUT2D eigenvalue weighted by atomic mass is 19.1. The molecule has 128 valence electrons. The molecule has 24 heavy (non-hydrogen) atoms. The molecule has 8 heteroatoms. The van der Waals surface area contributed by atoms with Gasteiger partial charge in [0.25, 0.3) is 5.91 Å². The quantitative estimate of drug-likeness (QED) is 0.686. The molecule has 1 unspecified atom stereocenters. The van der Waals surface area contributed by atoms with Crippen molar-refractivity contribution in [3.8, 4) is 0 Å². The van der Waals surface area contributed by atoms with Crippen molar-refractivity contribution in [3.05, 3.63) is 41.7 Å². The first-order chi connectivity index (χ1) is 11.4. The van der Waals surface area contributed by atoms with E-state index in [9.17, 15) is 18.8 Å². The van der Waals surface area contributed by atoms with Crippen LogP contribution in [0.3, 0.4) is 0 Å². The number of anilines is 1. The topological polar surface area (TPSA) is 98.7 Å². The first kappa shape index (κ1) is 17.5. The summed E-state index contributed by atoms with van der Waals surface area (Å²) >= 11 is 0. The summed E-state index contributed by atoms with van der Waals surface area (Å²) in [5.41, 5.74) is 0.0656. The van der Waals surface area contributed by atoms with Gasteiger partial charge in [-0.3, -0.25) is 9.69 Å². The molecule has 1 heterocycles. The molecule has 0 aromatic heterocycles. The van der Waals surface area contributed by atoms with Gasteiger partial charge in [-0.2, -0.15) is 0 Å². The molecule has 1 aromatic carbocycles. The number of benzene rings is 1. The first-order valence-corrected chi connectivity index (χ1v) is 7.43. The summed E-state index contributed by atoms with van der Waals surface area (Å²) < 4.78 is 14.0. The van der Waals surface area contributed by atoms with Crippen molar-refractivity contribution in [1.82, 2.24) is 10.6 Å². The molecule has 3 N–H and O–H groups in total. The molecule has 0 aliphatic carbocycles. The fourth-order valence-electron chi connectivity index (χ4n) is 2.30. The molecule has 0 bridgehead atoms. The van der Waals surface area contributed by atoms with E-state index in [-0.39, 0.29) is 18.0 Å². The van der Waals surface area contributed by atoms with Gasteiger partial charge in [-0.1, -0.05) is 12.2 Å². The number of rotatable bonds is 6. The Hall–Kier alpha value is -2.90. The Morgan fingerprint density at radius 1 is 1.50 bits per heavy atom. The largest absolute Gasteiger partial charge is 0.480 e. The maximum Gasteiger partial charge on any atom is 0.326 e. The van der Waals surface area contributed by atoms with Crippen molar-refractivity contribution in [1.29, 1.82) is 0 Å². The second kappa shape index (κ2) is 7.58. The van der Waals surface area contributed by atoms with E-state index in [1.165, 1.54) is 17.0 Å². The van der Waals surface area contributed by atoms with Crippen LogP contribution in [0.2, 0.25) is 0 Å². The molecule has 3 amide bonds. The van der Waals surface area contributed by atoms with Gasteiger partial charge in [0, 0.05) is 18.8 Å². The number of nitrogens with one attached hydrogen (secondary N) is 2. The Labute approximate surface area is 138 Å². The van der Waals surface area contributed by atoms with Gasteiger partial charge < -0.3 is 15.7 Å². The Morgan fingerprint density at radius 3 is 2.83 bits per heavy atom. The van der Waals surface area contributed by atoms with Gasteiger partial charge in [-0.05, 0) is 31.5 Å². The molecule has 1 aromatic rings. The predicted molar refractivity (Wildman–Crippen MR) is 85.5 cm³/mol. The number of nitrogens with zero attached hydrogens (tertiary/aromatic N) is 1. The van der Waals surface area contributed by atoms with Crippen molar-refractivity contribution in [3.63, 3.8) is 0 Å². The van der Waals surface area contributed by atoms with Gasteiger partial charge in [0.05, 0.1) is 5.56 Å². The fraction of sp³-hybridized carbons (Fsp3) is 0.312. The van der Waals surface area contributed by atoms with Gasteiger partial charge in [-0.25, -0.2) is 14.0 Å². The number of hydrogen-bond acceptors (Lipinski definition) is 3. The summed E-state index contributed by atoms with van der Waals surface area (Å²) in [7, 11) is 0. The summed E-state index contributed by atoms with van der Waals surface area (Å²) in [6.45, 7) is 2.59. The molecule has 2 rings (SSSR count). The maximum absolute atomic E-state index is 14.0. The molecule has 1 atom stereocenters. The van der Waals surface area contributed by atoms with Crippen LogP contribution in [0, 0.1) is 5.82 Å². The van der Waals surface area contributed by atoms with Crippen LogP contribution in [-0.4, -0.2) is 42.1 Å². The van der Waals surface area contributed by atoms with Gasteiger partial charge in [0.1, 0.15) is 11.9 Å². The lowest BCUT2D eigenvalue weighted by atomic mass is 10.1. The summed E-state index contributed by atoms with van der Waals surface area (Å²) in [5, 5.41) is 14.0. The lowest BCUT2D eigenvalue weighted by molar-refractivity contribution is -0.139. The van der Waals surface area contributed by atoms with Crippen LogP contribution in [0.4, 0.5) is 14.9 Å². The third-order valence-electron chi connectivity index (χ3n) is 3.57. The smallest absolute Gasteiger partial charge is 0.326 e. The van der Waals surface area contributed by atoms with Gasteiger partial charge in [-0.15, -0.1) is 0 Å². The third-order valence-corrected chi connectivity index (χ3v) is 3.57. The van der Waals surface area contributed by atoms with Crippen molar-refractivity contribution in [2.75, 3.05) is 18.0 Å². The van der Waals surface area contributed by atoms with Crippen LogP contribution >= 0.6 is 0 Å². The maximum atomic E-state index is 14.0. The Morgan fingerprint density at radius 2 is 2.25 bits per heavy atom. The number of carbonyl (C=O) groups excluding carboxylic acids is 2. The molecule has 0 radical (unpaired) electrons. The molecule has 1 fully saturated rings. The van der Waals surface area contributed by atoms with Crippen LogP contribution in [0.15, 0.2) is 30.4 Å². The number of carbonyl (C=O) groups is 3. The third kappa shape index (κ3) is 3.89. The van der Waals surface area contributed by atoms with Crippen molar-refractivity contribution < 1.29 is 23.9 Å². The second-order valence-corrected chi connectivity index (χ2v) is 5.22. The van der Waals surface area contributed by atoms with Crippen LogP contribution in [0.5, 0.6) is 0 Å². The molecule has 7 nitrogen and oxygen atoms in total. The highest BCUT2D eigenvalue weighted by Crippen LogP contribution is 2.20. The SMILES string of the molecule is C/C=C/CC(NC(=O)c1cc(N2CCNC2=O)ccc1F)C(=O)O. The molecular formula is C16H18FN3O4.